The van der Waals surface area contributed by atoms with Crippen LogP contribution in [0.25, 0.3) is 0 Å². The number of nitrogens with zero attached hydrogens (tertiary/aromatic N) is 3. The third-order valence-corrected chi connectivity index (χ3v) is 4.94. The van der Waals surface area contributed by atoms with Gasteiger partial charge < -0.3 is 14.8 Å². The summed E-state index contributed by atoms with van der Waals surface area (Å²) in [6.07, 6.45) is 5.73. The van der Waals surface area contributed by atoms with Gasteiger partial charge in [-0.05, 0) is 35.4 Å². The van der Waals surface area contributed by atoms with E-state index in [2.05, 4.69) is 15.4 Å². The van der Waals surface area contributed by atoms with Crippen LogP contribution in [0.5, 0.6) is 11.5 Å². The van der Waals surface area contributed by atoms with Crippen LogP contribution in [-0.2, 0) is 11.3 Å². The van der Waals surface area contributed by atoms with E-state index in [1.807, 2.05) is 41.2 Å². The van der Waals surface area contributed by atoms with Crippen molar-refractivity contribution in [3.8, 4) is 11.5 Å². The lowest BCUT2D eigenvalue weighted by Crippen LogP contribution is -2.25. The maximum absolute atomic E-state index is 12.4. The molecule has 7 heteroatoms. The zero-order valence-corrected chi connectivity index (χ0v) is 14.6. The number of carbonyl (C=O) groups excluding carboxylic acids is 1. The van der Waals surface area contributed by atoms with E-state index >= 15 is 0 Å². The van der Waals surface area contributed by atoms with E-state index < -0.39 is 0 Å². The molecule has 0 fully saturated rings. The highest BCUT2D eigenvalue weighted by molar-refractivity contribution is 5.94. The van der Waals surface area contributed by atoms with E-state index in [-0.39, 0.29) is 11.8 Å². The van der Waals surface area contributed by atoms with Crippen molar-refractivity contribution < 1.29 is 14.3 Å². The fourth-order valence-corrected chi connectivity index (χ4v) is 3.63. The molecule has 0 saturated carbocycles. The molecule has 5 rings (SSSR count). The molecule has 7 nitrogen and oxygen atoms in total. The Morgan fingerprint density at radius 2 is 1.93 bits per heavy atom. The molecule has 0 spiro atoms. The van der Waals surface area contributed by atoms with Crippen LogP contribution in [0.2, 0.25) is 0 Å². The van der Waals surface area contributed by atoms with Gasteiger partial charge in [0.25, 0.3) is 0 Å². The third kappa shape index (κ3) is 2.91. The molecule has 2 aliphatic heterocycles. The van der Waals surface area contributed by atoms with Crippen molar-refractivity contribution in [2.24, 2.45) is 0 Å². The van der Waals surface area contributed by atoms with Gasteiger partial charge in [-0.25, -0.2) is 4.68 Å². The molecule has 4 heterocycles. The number of anilines is 1. The van der Waals surface area contributed by atoms with Gasteiger partial charge in [0.15, 0.2) is 11.5 Å². The number of pyridine rings is 1. The van der Waals surface area contributed by atoms with Gasteiger partial charge in [0.1, 0.15) is 19.0 Å². The minimum atomic E-state index is -0.0595. The number of amides is 1. The van der Waals surface area contributed by atoms with E-state index in [1.54, 1.807) is 12.4 Å². The summed E-state index contributed by atoms with van der Waals surface area (Å²) in [6.45, 7) is 1.67. The number of carbonyl (C=O) groups is 1. The van der Waals surface area contributed by atoms with Crippen LogP contribution in [0.15, 0.2) is 48.9 Å². The average Bonchev–Trinajstić information content (AvgIpc) is 3.10. The predicted octanol–water partition coefficient (Wildman–Crippen LogP) is 2.57. The van der Waals surface area contributed by atoms with E-state index in [9.17, 15) is 4.79 Å². The van der Waals surface area contributed by atoms with Crippen LogP contribution in [-0.4, -0.2) is 33.9 Å². The zero-order valence-electron chi connectivity index (χ0n) is 14.6. The fraction of sp³-hybridized carbons (Fsp3) is 0.250. The highest BCUT2D eigenvalue weighted by Crippen LogP contribution is 2.40. The van der Waals surface area contributed by atoms with Gasteiger partial charge in [0.2, 0.25) is 5.91 Å². The smallest absolute Gasteiger partial charge is 0.226 e. The van der Waals surface area contributed by atoms with E-state index in [0.29, 0.717) is 26.2 Å². The normalized spacial score (nSPS) is 17.9. The van der Waals surface area contributed by atoms with Gasteiger partial charge in [0.05, 0.1) is 12.7 Å². The highest BCUT2D eigenvalue weighted by atomic mass is 16.6. The second kappa shape index (κ2) is 6.42. The van der Waals surface area contributed by atoms with Gasteiger partial charge in [-0.3, -0.25) is 9.78 Å². The molecule has 1 aromatic carbocycles. The number of benzene rings is 1. The molecule has 1 atom stereocenters. The SMILES string of the molecule is O=C1CC(c2ccc3c(c2)OCCO3)c2cnn(Cc3ccncc3)c2N1. The molecule has 1 unspecified atom stereocenters. The lowest BCUT2D eigenvalue weighted by molar-refractivity contribution is -0.116. The Morgan fingerprint density at radius 3 is 2.78 bits per heavy atom. The molecule has 136 valence electrons. The minimum Gasteiger partial charge on any atom is -0.486 e. The van der Waals surface area contributed by atoms with Crippen LogP contribution in [0.1, 0.15) is 29.0 Å². The summed E-state index contributed by atoms with van der Waals surface area (Å²) in [6, 6.07) is 9.77. The topological polar surface area (TPSA) is 78.3 Å². The predicted molar refractivity (Wildman–Crippen MR) is 98.1 cm³/mol. The summed E-state index contributed by atoms with van der Waals surface area (Å²) in [5.74, 6) is 2.16. The summed E-state index contributed by atoms with van der Waals surface area (Å²) < 4.78 is 13.1. The van der Waals surface area contributed by atoms with Crippen molar-refractivity contribution in [1.29, 1.82) is 0 Å². The van der Waals surface area contributed by atoms with Crippen molar-refractivity contribution in [2.75, 3.05) is 18.5 Å². The average molecular weight is 362 g/mol. The molecule has 2 aromatic heterocycles. The molecule has 0 bridgehead atoms. The highest BCUT2D eigenvalue weighted by Gasteiger charge is 2.30. The monoisotopic (exact) mass is 362 g/mol. The number of fused-ring (bicyclic) bond motifs is 2. The van der Waals surface area contributed by atoms with Gasteiger partial charge >= 0.3 is 0 Å². The Labute approximate surface area is 155 Å². The molecule has 27 heavy (non-hydrogen) atoms. The number of nitrogens with one attached hydrogen (secondary N) is 1. The number of rotatable bonds is 3. The van der Waals surface area contributed by atoms with Crippen LogP contribution >= 0.6 is 0 Å². The summed E-state index contributed by atoms with van der Waals surface area (Å²) in [5, 5.41) is 7.50. The number of hydrogen-bond acceptors (Lipinski definition) is 5. The first-order valence-electron chi connectivity index (χ1n) is 8.92. The summed E-state index contributed by atoms with van der Waals surface area (Å²) in [4.78, 5) is 16.4. The molecule has 0 aliphatic carbocycles. The van der Waals surface area contributed by atoms with Gasteiger partial charge in [-0.1, -0.05) is 6.07 Å². The molecule has 0 radical (unpaired) electrons. The zero-order chi connectivity index (χ0) is 18.2. The minimum absolute atomic E-state index is 0.0149. The fourth-order valence-electron chi connectivity index (χ4n) is 3.63. The number of ether oxygens (including phenoxy) is 2. The lowest BCUT2D eigenvalue weighted by Gasteiger charge is -2.25. The number of aromatic nitrogens is 3. The first-order valence-corrected chi connectivity index (χ1v) is 8.92. The van der Waals surface area contributed by atoms with E-state index in [1.165, 1.54) is 0 Å². The maximum Gasteiger partial charge on any atom is 0.226 e. The summed E-state index contributed by atoms with van der Waals surface area (Å²) in [7, 11) is 0. The Bertz CT molecular complexity index is 1000. The van der Waals surface area contributed by atoms with Gasteiger partial charge in [-0.2, -0.15) is 5.10 Å². The Kier molecular flexibility index (Phi) is 3.78. The Balaban J connectivity index is 1.51. The lowest BCUT2D eigenvalue weighted by atomic mass is 9.87. The van der Waals surface area contributed by atoms with Crippen LogP contribution in [0.4, 0.5) is 5.82 Å². The van der Waals surface area contributed by atoms with Crippen LogP contribution in [0.3, 0.4) is 0 Å². The Morgan fingerprint density at radius 1 is 1.11 bits per heavy atom. The third-order valence-electron chi connectivity index (χ3n) is 4.94. The van der Waals surface area contributed by atoms with Crippen molar-refractivity contribution in [1.82, 2.24) is 14.8 Å². The largest absolute Gasteiger partial charge is 0.486 e. The van der Waals surface area contributed by atoms with Crippen molar-refractivity contribution >= 4 is 11.7 Å². The molecule has 2 aliphatic rings. The first-order chi connectivity index (χ1) is 13.3. The maximum atomic E-state index is 12.4. The van der Waals surface area contributed by atoms with Gasteiger partial charge in [0, 0.05) is 30.3 Å². The van der Waals surface area contributed by atoms with Gasteiger partial charge in [-0.15, -0.1) is 0 Å². The second-order valence-electron chi connectivity index (χ2n) is 6.67. The number of hydrogen-bond donors (Lipinski definition) is 1. The molecular weight excluding hydrogens is 344 g/mol. The molecule has 1 amide bonds. The first kappa shape index (κ1) is 15.9. The molecular formula is C20H18N4O3. The second-order valence-corrected chi connectivity index (χ2v) is 6.67. The van der Waals surface area contributed by atoms with Crippen LogP contribution in [0, 0.1) is 0 Å². The standard InChI is InChI=1S/C20H18N4O3/c25-19-10-15(14-1-2-17-18(9-14)27-8-7-26-17)16-11-22-24(20(16)23-19)12-13-3-5-21-6-4-13/h1-6,9,11,15H,7-8,10,12H2,(H,23,25). The van der Waals surface area contributed by atoms with Crippen molar-refractivity contribution in [2.45, 2.75) is 18.9 Å². The van der Waals surface area contributed by atoms with Crippen molar-refractivity contribution in [3.63, 3.8) is 0 Å². The quantitative estimate of drug-likeness (QED) is 0.775. The van der Waals surface area contributed by atoms with Crippen LogP contribution < -0.4 is 14.8 Å². The van der Waals surface area contributed by atoms with E-state index in [0.717, 1.165) is 34.0 Å². The summed E-state index contributed by atoms with van der Waals surface area (Å²) in [5.41, 5.74) is 3.12. The molecule has 0 saturated heterocycles. The van der Waals surface area contributed by atoms with E-state index in [4.69, 9.17) is 9.47 Å². The summed E-state index contributed by atoms with van der Waals surface area (Å²) >= 11 is 0. The molecule has 3 aromatic rings. The molecule has 1 N–H and O–H groups in total. The van der Waals surface area contributed by atoms with Crippen molar-refractivity contribution in [3.05, 3.63) is 65.6 Å². The Hall–Kier alpha value is -3.35.